The molecule has 0 radical (unpaired) electrons. The molecule has 0 bridgehead atoms. The summed E-state index contributed by atoms with van der Waals surface area (Å²) < 4.78 is 5.16. The van der Waals surface area contributed by atoms with Crippen molar-refractivity contribution < 1.29 is 4.74 Å². The van der Waals surface area contributed by atoms with Crippen LogP contribution < -0.4 is 10.1 Å². The maximum Gasteiger partial charge on any atom is 0.213 e. The zero-order valence-corrected chi connectivity index (χ0v) is 12.7. The summed E-state index contributed by atoms with van der Waals surface area (Å²) in [6, 6.07) is 10.4. The molecule has 106 valence electrons. The molecule has 0 unspecified atom stereocenters. The van der Waals surface area contributed by atoms with Crippen molar-refractivity contribution in [1.29, 1.82) is 0 Å². The minimum absolute atomic E-state index is 0.427. The van der Waals surface area contributed by atoms with Gasteiger partial charge in [-0.25, -0.2) is 4.98 Å². The third kappa shape index (κ3) is 3.71. The molecule has 0 spiro atoms. The number of nitrogens with zero attached hydrogens (tertiary/aromatic N) is 1. The molecule has 1 N–H and O–H groups in total. The van der Waals surface area contributed by atoms with Crippen LogP contribution in [-0.2, 0) is 6.54 Å². The maximum absolute atomic E-state index is 6.25. The van der Waals surface area contributed by atoms with Gasteiger partial charge < -0.3 is 10.1 Å². The molecule has 1 heterocycles. The standard InChI is InChI=1S/C16H19ClN2O/c1-11(2)19-10-14-8-12(4-5-15(14)17)13-6-7-18-16(9-13)20-3/h4-9,11,19H,10H2,1-3H3. The van der Waals surface area contributed by atoms with E-state index in [1.54, 1.807) is 13.3 Å². The highest BCUT2D eigenvalue weighted by atomic mass is 35.5. The highest BCUT2D eigenvalue weighted by Gasteiger charge is 2.06. The van der Waals surface area contributed by atoms with E-state index in [1.165, 1.54) is 0 Å². The number of hydrogen-bond donors (Lipinski definition) is 1. The smallest absolute Gasteiger partial charge is 0.213 e. The van der Waals surface area contributed by atoms with E-state index < -0.39 is 0 Å². The quantitative estimate of drug-likeness (QED) is 0.906. The van der Waals surface area contributed by atoms with Crippen molar-refractivity contribution in [1.82, 2.24) is 10.3 Å². The van der Waals surface area contributed by atoms with Gasteiger partial charge in [0.1, 0.15) is 0 Å². The van der Waals surface area contributed by atoms with E-state index in [0.717, 1.165) is 28.3 Å². The summed E-state index contributed by atoms with van der Waals surface area (Å²) in [5, 5.41) is 4.16. The monoisotopic (exact) mass is 290 g/mol. The number of rotatable bonds is 5. The minimum Gasteiger partial charge on any atom is -0.481 e. The minimum atomic E-state index is 0.427. The summed E-state index contributed by atoms with van der Waals surface area (Å²) in [6.45, 7) is 4.99. The summed E-state index contributed by atoms with van der Waals surface area (Å²) in [4.78, 5) is 4.12. The molecule has 0 saturated heterocycles. The number of aromatic nitrogens is 1. The normalized spacial score (nSPS) is 10.8. The van der Waals surface area contributed by atoms with Crippen LogP contribution in [0.4, 0.5) is 0 Å². The summed E-state index contributed by atoms with van der Waals surface area (Å²) in [7, 11) is 1.62. The lowest BCUT2D eigenvalue weighted by atomic mass is 10.0. The number of pyridine rings is 1. The van der Waals surface area contributed by atoms with Crippen LogP contribution in [0.1, 0.15) is 19.4 Å². The zero-order valence-electron chi connectivity index (χ0n) is 12.0. The molecule has 0 amide bonds. The molecular formula is C16H19ClN2O. The molecule has 2 aromatic rings. The van der Waals surface area contributed by atoms with Crippen LogP contribution in [0.15, 0.2) is 36.5 Å². The van der Waals surface area contributed by atoms with Gasteiger partial charge in [-0.2, -0.15) is 0 Å². The highest BCUT2D eigenvalue weighted by Crippen LogP contribution is 2.26. The van der Waals surface area contributed by atoms with Crippen molar-refractivity contribution in [3.63, 3.8) is 0 Å². The van der Waals surface area contributed by atoms with Crippen LogP contribution in [0.2, 0.25) is 5.02 Å². The van der Waals surface area contributed by atoms with E-state index in [4.69, 9.17) is 16.3 Å². The van der Waals surface area contributed by atoms with Crippen LogP contribution >= 0.6 is 11.6 Å². The Labute approximate surface area is 124 Å². The van der Waals surface area contributed by atoms with E-state index >= 15 is 0 Å². The molecule has 0 aliphatic rings. The van der Waals surface area contributed by atoms with Crippen LogP contribution in [0.3, 0.4) is 0 Å². The number of methoxy groups -OCH3 is 1. The number of ether oxygens (including phenoxy) is 1. The van der Waals surface area contributed by atoms with Gasteiger partial charge in [0, 0.05) is 29.9 Å². The Morgan fingerprint density at radius 1 is 1.20 bits per heavy atom. The fourth-order valence-electron chi connectivity index (χ4n) is 1.90. The summed E-state index contributed by atoms with van der Waals surface area (Å²) in [5.41, 5.74) is 3.27. The first kappa shape index (κ1) is 14.8. The van der Waals surface area contributed by atoms with E-state index in [-0.39, 0.29) is 0 Å². The second-order valence-electron chi connectivity index (χ2n) is 4.93. The van der Waals surface area contributed by atoms with Gasteiger partial charge in [-0.1, -0.05) is 31.5 Å². The number of halogens is 1. The Morgan fingerprint density at radius 3 is 2.65 bits per heavy atom. The van der Waals surface area contributed by atoms with E-state index in [2.05, 4.69) is 30.2 Å². The van der Waals surface area contributed by atoms with E-state index in [0.29, 0.717) is 11.9 Å². The van der Waals surface area contributed by atoms with Gasteiger partial charge in [-0.05, 0) is 34.9 Å². The molecule has 20 heavy (non-hydrogen) atoms. The molecule has 0 saturated carbocycles. The molecule has 1 aromatic heterocycles. The van der Waals surface area contributed by atoms with Crippen LogP contribution in [0.25, 0.3) is 11.1 Å². The largest absolute Gasteiger partial charge is 0.481 e. The van der Waals surface area contributed by atoms with Crippen LogP contribution in [-0.4, -0.2) is 18.1 Å². The molecular weight excluding hydrogens is 272 g/mol. The first-order valence-corrected chi connectivity index (χ1v) is 7.00. The predicted molar refractivity (Wildman–Crippen MR) is 83.2 cm³/mol. The van der Waals surface area contributed by atoms with E-state index in [9.17, 15) is 0 Å². The van der Waals surface area contributed by atoms with Crippen LogP contribution in [0.5, 0.6) is 5.88 Å². The van der Waals surface area contributed by atoms with Crippen molar-refractivity contribution >= 4 is 11.6 Å². The lowest BCUT2D eigenvalue weighted by Crippen LogP contribution is -2.21. The highest BCUT2D eigenvalue weighted by molar-refractivity contribution is 6.31. The van der Waals surface area contributed by atoms with Gasteiger partial charge in [-0.15, -0.1) is 0 Å². The molecule has 2 rings (SSSR count). The van der Waals surface area contributed by atoms with Gasteiger partial charge in [-0.3, -0.25) is 0 Å². The number of nitrogens with one attached hydrogen (secondary N) is 1. The molecule has 0 aliphatic carbocycles. The van der Waals surface area contributed by atoms with Crippen LogP contribution in [0, 0.1) is 0 Å². The molecule has 1 aromatic carbocycles. The first-order chi connectivity index (χ1) is 9.60. The second-order valence-corrected chi connectivity index (χ2v) is 5.34. The Balaban J connectivity index is 2.30. The van der Waals surface area contributed by atoms with Gasteiger partial charge in [0.2, 0.25) is 5.88 Å². The van der Waals surface area contributed by atoms with Crippen molar-refractivity contribution in [2.24, 2.45) is 0 Å². The molecule has 0 atom stereocenters. The van der Waals surface area contributed by atoms with E-state index in [1.807, 2.05) is 24.3 Å². The summed E-state index contributed by atoms with van der Waals surface area (Å²) in [6.07, 6.45) is 1.74. The summed E-state index contributed by atoms with van der Waals surface area (Å²) >= 11 is 6.25. The number of hydrogen-bond acceptors (Lipinski definition) is 3. The van der Waals surface area contributed by atoms with Crippen molar-refractivity contribution in [2.45, 2.75) is 26.4 Å². The lowest BCUT2D eigenvalue weighted by Gasteiger charge is -2.11. The number of benzene rings is 1. The van der Waals surface area contributed by atoms with Crippen molar-refractivity contribution in [3.05, 3.63) is 47.1 Å². The summed E-state index contributed by atoms with van der Waals surface area (Å²) in [5.74, 6) is 0.610. The van der Waals surface area contributed by atoms with Crippen molar-refractivity contribution in [2.75, 3.05) is 7.11 Å². The topological polar surface area (TPSA) is 34.1 Å². The molecule has 3 nitrogen and oxygen atoms in total. The lowest BCUT2D eigenvalue weighted by molar-refractivity contribution is 0.398. The molecule has 0 fully saturated rings. The SMILES string of the molecule is COc1cc(-c2ccc(Cl)c(CNC(C)C)c2)ccn1. The fourth-order valence-corrected chi connectivity index (χ4v) is 2.09. The second kappa shape index (κ2) is 6.73. The van der Waals surface area contributed by atoms with Gasteiger partial charge in [0.25, 0.3) is 0 Å². The first-order valence-electron chi connectivity index (χ1n) is 6.62. The molecule has 0 aliphatic heterocycles. The average Bonchev–Trinajstić information content (AvgIpc) is 2.46. The maximum atomic E-state index is 6.25. The Kier molecular flexibility index (Phi) is 4.99. The fraction of sp³-hybridized carbons (Fsp3) is 0.312. The van der Waals surface area contributed by atoms with Gasteiger partial charge >= 0.3 is 0 Å². The third-order valence-corrected chi connectivity index (χ3v) is 3.39. The van der Waals surface area contributed by atoms with Crippen molar-refractivity contribution in [3.8, 4) is 17.0 Å². The predicted octanol–water partition coefficient (Wildman–Crippen LogP) is 3.91. The van der Waals surface area contributed by atoms with Gasteiger partial charge in [0.15, 0.2) is 0 Å². The Bertz CT molecular complexity index is 584. The average molecular weight is 291 g/mol. The molecule has 4 heteroatoms. The third-order valence-electron chi connectivity index (χ3n) is 3.02. The van der Waals surface area contributed by atoms with Gasteiger partial charge in [0.05, 0.1) is 7.11 Å². The Hall–Kier alpha value is -1.58. The Morgan fingerprint density at radius 2 is 1.95 bits per heavy atom. The zero-order chi connectivity index (χ0) is 14.5.